The molecule has 0 atom stereocenters. The van der Waals surface area contributed by atoms with Crippen LogP contribution in [-0.2, 0) is 4.74 Å². The van der Waals surface area contributed by atoms with Crippen molar-refractivity contribution in [3.05, 3.63) is 54.0 Å². The Bertz CT molecular complexity index is 1550. The van der Waals surface area contributed by atoms with Crippen molar-refractivity contribution in [2.75, 3.05) is 95.2 Å². The lowest BCUT2D eigenvalue weighted by molar-refractivity contribution is -0.0552. The highest BCUT2D eigenvalue weighted by Gasteiger charge is 2.24. The Morgan fingerprint density at radius 1 is 1.12 bits per heavy atom. The first-order chi connectivity index (χ1) is 20.9. The number of anilines is 3. The first-order valence-corrected chi connectivity index (χ1v) is 14.5. The molecule has 2 aliphatic rings. The van der Waals surface area contributed by atoms with E-state index in [1.807, 2.05) is 36.0 Å². The van der Waals surface area contributed by atoms with E-state index in [0.29, 0.717) is 66.5 Å². The van der Waals surface area contributed by atoms with Gasteiger partial charge in [-0.05, 0) is 37.4 Å². The van der Waals surface area contributed by atoms with E-state index >= 15 is 4.39 Å². The van der Waals surface area contributed by atoms with E-state index in [4.69, 9.17) is 14.9 Å². The predicted octanol–water partition coefficient (Wildman–Crippen LogP) is 1.42. The number of piperazine rings is 1. The van der Waals surface area contributed by atoms with Crippen LogP contribution in [0, 0.1) is 5.82 Å². The average Bonchev–Trinajstić information content (AvgIpc) is 3.66. The molecule has 0 spiro atoms. The molecule has 0 bridgehead atoms. The third-order valence-electron chi connectivity index (χ3n) is 8.12. The molecule has 0 saturated carbocycles. The van der Waals surface area contributed by atoms with Gasteiger partial charge < -0.3 is 30.0 Å². The number of hydrogen-bond acceptors (Lipinski definition) is 11. The summed E-state index contributed by atoms with van der Waals surface area (Å²) in [6.07, 6.45) is 1.59. The van der Waals surface area contributed by atoms with Gasteiger partial charge in [-0.15, -0.1) is 0 Å². The van der Waals surface area contributed by atoms with E-state index in [2.05, 4.69) is 30.2 Å². The van der Waals surface area contributed by atoms with E-state index in [1.165, 1.54) is 10.6 Å². The molecular weight excluding hydrogens is 555 g/mol. The minimum absolute atomic E-state index is 0.246. The number of nitrogen functional groups attached to an aromatic ring is 1. The lowest BCUT2D eigenvalue weighted by atomic mass is 10.1. The highest BCUT2D eigenvalue weighted by molar-refractivity contribution is 5.94. The number of nitrogens with two attached hydrogens (primary N) is 1. The first-order valence-electron chi connectivity index (χ1n) is 14.5. The van der Waals surface area contributed by atoms with Crippen LogP contribution in [0.1, 0.15) is 10.4 Å². The fraction of sp³-hybridized carbons (Fsp3) is 0.448. The minimum Gasteiger partial charge on any atom is -0.463 e. The summed E-state index contributed by atoms with van der Waals surface area (Å²) in [4.78, 5) is 30.1. The number of ether oxygens (including phenoxy) is 1. The zero-order valence-corrected chi connectivity index (χ0v) is 24.4. The molecule has 3 N–H and O–H groups in total. The molecule has 13 nitrogen and oxygen atoms in total. The molecule has 43 heavy (non-hydrogen) atoms. The van der Waals surface area contributed by atoms with Crippen molar-refractivity contribution in [3.63, 3.8) is 0 Å². The van der Waals surface area contributed by atoms with Crippen molar-refractivity contribution >= 4 is 29.1 Å². The number of benzene rings is 1. The number of amides is 1. The number of nitrogens with zero attached hydrogens (tertiary/aromatic N) is 8. The van der Waals surface area contributed by atoms with Gasteiger partial charge in [-0.1, -0.05) is 0 Å². The zero-order valence-electron chi connectivity index (χ0n) is 24.4. The molecule has 2 saturated heterocycles. The molecule has 228 valence electrons. The number of likely N-dealkylation sites (N-methyl/N-ethyl adjacent to an activating group) is 2. The summed E-state index contributed by atoms with van der Waals surface area (Å²) < 4.78 is 27.2. The van der Waals surface area contributed by atoms with Crippen LogP contribution >= 0.6 is 0 Å². The van der Waals surface area contributed by atoms with E-state index in [0.717, 1.165) is 39.4 Å². The molecule has 0 aliphatic carbocycles. The summed E-state index contributed by atoms with van der Waals surface area (Å²) in [5.74, 6) is 0.741. The topological polar surface area (TPSA) is 134 Å². The maximum Gasteiger partial charge on any atom is 0.251 e. The average molecular weight is 593 g/mol. The van der Waals surface area contributed by atoms with Crippen LogP contribution in [-0.4, -0.2) is 121 Å². The van der Waals surface area contributed by atoms with Crippen LogP contribution in [0.5, 0.6) is 0 Å². The van der Waals surface area contributed by atoms with Gasteiger partial charge in [-0.2, -0.15) is 19.6 Å². The van der Waals surface area contributed by atoms with Crippen molar-refractivity contribution in [2.45, 2.75) is 6.04 Å². The smallest absolute Gasteiger partial charge is 0.251 e. The summed E-state index contributed by atoms with van der Waals surface area (Å²) in [7, 11) is 3.94. The minimum atomic E-state index is -0.384. The molecule has 0 radical (unpaired) electrons. The monoisotopic (exact) mass is 592 g/mol. The normalized spacial score (nSPS) is 16.1. The first kappa shape index (κ1) is 28.8. The van der Waals surface area contributed by atoms with Crippen LogP contribution in [0.2, 0.25) is 0 Å². The van der Waals surface area contributed by atoms with Gasteiger partial charge in [0.05, 0.1) is 31.2 Å². The highest BCUT2D eigenvalue weighted by Crippen LogP contribution is 2.23. The van der Waals surface area contributed by atoms with Gasteiger partial charge in [-0.3, -0.25) is 14.6 Å². The molecule has 2 aliphatic heterocycles. The third kappa shape index (κ3) is 6.40. The maximum absolute atomic E-state index is 15.1. The Labute approximate surface area is 249 Å². The largest absolute Gasteiger partial charge is 0.463 e. The van der Waals surface area contributed by atoms with Crippen LogP contribution < -0.4 is 20.9 Å². The Balaban J connectivity index is 0.977. The van der Waals surface area contributed by atoms with Gasteiger partial charge in [-0.25, -0.2) is 4.39 Å². The van der Waals surface area contributed by atoms with Crippen molar-refractivity contribution in [2.24, 2.45) is 0 Å². The Kier molecular flexibility index (Phi) is 8.40. The number of furan rings is 1. The van der Waals surface area contributed by atoms with Gasteiger partial charge >= 0.3 is 0 Å². The summed E-state index contributed by atoms with van der Waals surface area (Å²) in [5.41, 5.74) is 8.25. The number of rotatable bonds is 11. The van der Waals surface area contributed by atoms with Gasteiger partial charge in [0.2, 0.25) is 11.9 Å². The fourth-order valence-corrected chi connectivity index (χ4v) is 5.23. The second-order valence-corrected chi connectivity index (χ2v) is 11.0. The molecule has 1 aromatic carbocycles. The standard InChI is InChI=1S/C29H37FN10O3/c1-36(21-18-42-19-21)8-7-32-27(41)20-5-6-24(22(30)16-20)39-13-11-38(12-14-39)10-9-37(2)29-33-26-17-23(25-4-3-15-43-25)35-40(26)28(31)34-29/h3-6,15-17,21H,7-14,18-19H2,1-2H3,(H,32,41)(H2,31,33,34). The molecule has 1 amide bonds. The number of halogens is 1. The molecule has 14 heteroatoms. The molecule has 0 unspecified atom stereocenters. The van der Waals surface area contributed by atoms with E-state index in [1.54, 1.807) is 24.5 Å². The van der Waals surface area contributed by atoms with E-state index in [-0.39, 0.29) is 17.7 Å². The van der Waals surface area contributed by atoms with Gasteiger partial charge in [0.25, 0.3) is 5.91 Å². The maximum atomic E-state index is 15.1. The molecule has 5 heterocycles. The second kappa shape index (κ2) is 12.5. The summed E-state index contributed by atoms with van der Waals surface area (Å²) in [5, 5.41) is 7.33. The third-order valence-corrected chi connectivity index (χ3v) is 8.12. The summed E-state index contributed by atoms with van der Waals surface area (Å²) in [6.45, 7) is 7.09. The van der Waals surface area contributed by atoms with Crippen molar-refractivity contribution in [1.29, 1.82) is 0 Å². The molecule has 4 aromatic rings. The van der Waals surface area contributed by atoms with Crippen LogP contribution in [0.15, 0.2) is 47.1 Å². The number of carbonyl (C=O) groups excluding carboxylic acids is 1. The lowest BCUT2D eigenvalue weighted by Crippen LogP contribution is -2.49. The van der Waals surface area contributed by atoms with Gasteiger partial charge in [0.1, 0.15) is 11.5 Å². The van der Waals surface area contributed by atoms with Crippen molar-refractivity contribution < 1.29 is 18.3 Å². The Hall–Kier alpha value is -4.27. The van der Waals surface area contributed by atoms with Gasteiger partial charge in [0.15, 0.2) is 11.4 Å². The fourth-order valence-electron chi connectivity index (χ4n) is 5.23. The Morgan fingerprint density at radius 3 is 2.63 bits per heavy atom. The highest BCUT2D eigenvalue weighted by atomic mass is 19.1. The van der Waals surface area contributed by atoms with E-state index in [9.17, 15) is 4.79 Å². The quantitative estimate of drug-likeness (QED) is 0.262. The van der Waals surface area contributed by atoms with Crippen molar-refractivity contribution in [3.8, 4) is 11.5 Å². The summed E-state index contributed by atoms with van der Waals surface area (Å²) >= 11 is 0. The predicted molar refractivity (Wildman–Crippen MR) is 161 cm³/mol. The number of hydrogen-bond donors (Lipinski definition) is 2. The zero-order chi connectivity index (χ0) is 29.9. The molecule has 2 fully saturated rings. The number of fused-ring (bicyclic) bond motifs is 1. The Morgan fingerprint density at radius 2 is 1.93 bits per heavy atom. The number of aromatic nitrogens is 4. The summed E-state index contributed by atoms with van der Waals surface area (Å²) in [6, 6.07) is 10.6. The van der Waals surface area contributed by atoms with Crippen LogP contribution in [0.3, 0.4) is 0 Å². The van der Waals surface area contributed by atoms with E-state index < -0.39 is 0 Å². The van der Waals surface area contributed by atoms with Crippen LogP contribution in [0.25, 0.3) is 17.1 Å². The van der Waals surface area contributed by atoms with Gasteiger partial charge in [0, 0.05) is 71.0 Å². The molecular formula is C29H37FN10O3. The second-order valence-electron chi connectivity index (χ2n) is 11.0. The van der Waals surface area contributed by atoms with Crippen LogP contribution in [0.4, 0.5) is 22.0 Å². The SMILES string of the molecule is CN(CCN1CCN(c2ccc(C(=O)NCCN(C)C3COC3)cc2F)CC1)c1nc(N)n2nc(-c3ccco3)cc2n1. The lowest BCUT2D eigenvalue weighted by Gasteiger charge is -2.36. The number of nitrogens with one attached hydrogen (secondary N) is 1. The number of carbonyl (C=O) groups is 1. The van der Waals surface area contributed by atoms with Crippen molar-refractivity contribution in [1.82, 2.24) is 34.7 Å². The molecule has 6 rings (SSSR count). The molecule has 3 aromatic heterocycles.